The van der Waals surface area contributed by atoms with Gasteiger partial charge in [0.2, 0.25) is 5.75 Å². The monoisotopic (exact) mass is 505 g/mol. The van der Waals surface area contributed by atoms with Crippen LogP contribution < -0.4 is 10.3 Å². The van der Waals surface area contributed by atoms with Crippen LogP contribution in [0.1, 0.15) is 67.0 Å². The first-order valence-electron chi connectivity index (χ1n) is 12.8. The molecule has 1 saturated carbocycles. The molecular formula is C29H32ClN3O3. The maximum atomic E-state index is 13.7. The Morgan fingerprint density at radius 2 is 1.69 bits per heavy atom. The normalized spacial score (nSPS) is 16.9. The molecule has 2 aliphatic rings. The topological polar surface area (TPSA) is 64.4 Å². The van der Waals surface area contributed by atoms with Gasteiger partial charge in [0.15, 0.2) is 5.69 Å². The van der Waals surface area contributed by atoms with E-state index in [0.29, 0.717) is 36.1 Å². The van der Waals surface area contributed by atoms with Crippen LogP contribution in [0.5, 0.6) is 5.75 Å². The Labute approximate surface area is 216 Å². The third kappa shape index (κ3) is 4.66. The lowest BCUT2D eigenvalue weighted by atomic mass is 9.76. The fourth-order valence-electron chi connectivity index (χ4n) is 5.69. The predicted molar refractivity (Wildman–Crippen MR) is 141 cm³/mol. The van der Waals surface area contributed by atoms with E-state index in [4.69, 9.17) is 16.3 Å². The first kappa shape index (κ1) is 24.6. The van der Waals surface area contributed by atoms with Crippen molar-refractivity contribution < 1.29 is 9.53 Å². The summed E-state index contributed by atoms with van der Waals surface area (Å²) in [6.45, 7) is 5.35. The summed E-state index contributed by atoms with van der Waals surface area (Å²) in [5, 5.41) is 0.706. The number of carbonyl (C=O) groups excluding carboxylic acids is 1. The van der Waals surface area contributed by atoms with Crippen molar-refractivity contribution in [1.29, 1.82) is 0 Å². The van der Waals surface area contributed by atoms with Gasteiger partial charge in [-0.1, -0.05) is 66.9 Å². The Morgan fingerprint density at radius 1 is 1.00 bits per heavy atom. The van der Waals surface area contributed by atoms with Gasteiger partial charge in [0.1, 0.15) is 12.4 Å². The van der Waals surface area contributed by atoms with Crippen molar-refractivity contribution in [2.45, 2.75) is 70.6 Å². The Morgan fingerprint density at radius 3 is 2.36 bits per heavy atom. The lowest BCUT2D eigenvalue weighted by Crippen LogP contribution is -2.47. The number of rotatable bonds is 7. The molecule has 5 rings (SSSR count). The SMILES string of the molecule is CC(C)N1CCn2c(CC3(c4ccc(Cl)cc4)CCCC3)nc(=O)c(OCc3ccccc3)c2C1=O. The molecule has 0 bridgehead atoms. The molecule has 0 radical (unpaired) electrons. The second kappa shape index (κ2) is 10.1. The Kier molecular flexibility index (Phi) is 6.89. The highest BCUT2D eigenvalue weighted by atomic mass is 35.5. The summed E-state index contributed by atoms with van der Waals surface area (Å²) in [5.74, 6) is 0.535. The molecule has 1 aliphatic heterocycles. The minimum Gasteiger partial charge on any atom is -0.481 e. The van der Waals surface area contributed by atoms with Crippen LogP contribution in [0.4, 0.5) is 0 Å². The van der Waals surface area contributed by atoms with Crippen LogP contribution in [0.2, 0.25) is 5.02 Å². The highest BCUT2D eigenvalue weighted by Gasteiger charge is 2.39. The average Bonchev–Trinajstić information content (AvgIpc) is 3.34. The highest BCUT2D eigenvalue weighted by Crippen LogP contribution is 2.44. The molecular weight excluding hydrogens is 474 g/mol. The van der Waals surface area contributed by atoms with Crippen molar-refractivity contribution >= 4 is 17.5 Å². The zero-order valence-electron chi connectivity index (χ0n) is 20.9. The van der Waals surface area contributed by atoms with E-state index in [2.05, 4.69) is 17.1 Å². The van der Waals surface area contributed by atoms with Gasteiger partial charge in [-0.15, -0.1) is 0 Å². The zero-order valence-corrected chi connectivity index (χ0v) is 21.6. The van der Waals surface area contributed by atoms with E-state index < -0.39 is 5.56 Å². The Hall–Kier alpha value is -3.12. The van der Waals surface area contributed by atoms with Crippen molar-refractivity contribution in [3.63, 3.8) is 0 Å². The fourth-order valence-corrected chi connectivity index (χ4v) is 5.82. The summed E-state index contributed by atoms with van der Waals surface area (Å²) in [6, 6.07) is 17.7. The van der Waals surface area contributed by atoms with E-state index >= 15 is 0 Å². The molecule has 36 heavy (non-hydrogen) atoms. The molecule has 6 nitrogen and oxygen atoms in total. The van der Waals surface area contributed by atoms with Crippen molar-refractivity contribution in [3.05, 3.63) is 92.6 Å². The van der Waals surface area contributed by atoms with Crippen LogP contribution in [0.25, 0.3) is 0 Å². The Balaban J connectivity index is 1.57. The molecule has 2 aromatic carbocycles. The van der Waals surface area contributed by atoms with E-state index in [9.17, 15) is 9.59 Å². The van der Waals surface area contributed by atoms with Crippen LogP contribution in [0.3, 0.4) is 0 Å². The van der Waals surface area contributed by atoms with E-state index in [1.807, 2.05) is 60.9 Å². The molecule has 1 aliphatic carbocycles. The first-order chi connectivity index (χ1) is 17.4. The summed E-state index contributed by atoms with van der Waals surface area (Å²) in [4.78, 5) is 33.4. The molecule has 1 aromatic heterocycles. The van der Waals surface area contributed by atoms with Gasteiger partial charge < -0.3 is 14.2 Å². The standard InChI is InChI=1S/C29H32ClN3O3/c1-20(2)32-16-17-33-24(18-29(14-6-7-15-29)22-10-12-23(30)13-11-22)31-27(34)26(25(33)28(32)35)36-19-21-8-4-3-5-9-21/h3-5,8-13,20H,6-7,14-19H2,1-2H3. The second-order valence-corrected chi connectivity index (χ2v) is 10.6. The first-order valence-corrected chi connectivity index (χ1v) is 13.1. The van der Waals surface area contributed by atoms with Crippen molar-refractivity contribution in [2.24, 2.45) is 0 Å². The Bertz CT molecular complexity index is 1300. The van der Waals surface area contributed by atoms with Gasteiger partial charge in [0, 0.05) is 36.0 Å². The lowest BCUT2D eigenvalue weighted by molar-refractivity contribution is 0.0633. The smallest absolute Gasteiger partial charge is 0.316 e. The number of aromatic nitrogens is 2. The molecule has 0 N–H and O–H groups in total. The highest BCUT2D eigenvalue weighted by molar-refractivity contribution is 6.30. The molecule has 1 fully saturated rings. The van der Waals surface area contributed by atoms with Gasteiger partial charge in [-0.2, -0.15) is 4.98 Å². The van der Waals surface area contributed by atoms with Gasteiger partial charge in [-0.05, 0) is 49.9 Å². The number of halogens is 1. The van der Waals surface area contributed by atoms with Gasteiger partial charge in [0.05, 0.1) is 0 Å². The van der Waals surface area contributed by atoms with Crippen molar-refractivity contribution in [1.82, 2.24) is 14.5 Å². The average molecular weight is 506 g/mol. The molecule has 188 valence electrons. The number of nitrogens with zero attached hydrogens (tertiary/aromatic N) is 3. The van der Waals surface area contributed by atoms with E-state index in [0.717, 1.165) is 31.2 Å². The number of fused-ring (bicyclic) bond motifs is 1. The molecule has 0 unspecified atom stereocenters. The van der Waals surface area contributed by atoms with Crippen LogP contribution in [-0.4, -0.2) is 32.9 Å². The maximum Gasteiger partial charge on any atom is 0.316 e. The summed E-state index contributed by atoms with van der Waals surface area (Å²) in [6.07, 6.45) is 4.87. The number of hydrogen-bond acceptors (Lipinski definition) is 4. The third-order valence-corrected chi connectivity index (χ3v) is 7.86. The number of carbonyl (C=O) groups is 1. The van der Waals surface area contributed by atoms with Crippen LogP contribution >= 0.6 is 11.6 Å². The van der Waals surface area contributed by atoms with E-state index in [-0.39, 0.29) is 29.7 Å². The summed E-state index contributed by atoms with van der Waals surface area (Å²) >= 11 is 6.17. The van der Waals surface area contributed by atoms with Crippen molar-refractivity contribution in [2.75, 3.05) is 6.54 Å². The molecule has 0 saturated heterocycles. The predicted octanol–water partition coefficient (Wildman–Crippen LogP) is 5.39. The number of benzene rings is 2. The number of ether oxygens (including phenoxy) is 1. The van der Waals surface area contributed by atoms with Crippen LogP contribution in [0.15, 0.2) is 59.4 Å². The minimum absolute atomic E-state index is 0.0233. The van der Waals surface area contributed by atoms with E-state index in [1.54, 1.807) is 4.90 Å². The number of amides is 1. The molecule has 0 spiro atoms. The lowest BCUT2D eigenvalue weighted by Gasteiger charge is -2.36. The van der Waals surface area contributed by atoms with Gasteiger partial charge in [-0.25, -0.2) is 0 Å². The maximum absolute atomic E-state index is 13.7. The number of hydrogen-bond donors (Lipinski definition) is 0. The molecule has 7 heteroatoms. The minimum atomic E-state index is -0.476. The van der Waals surface area contributed by atoms with Gasteiger partial charge in [-0.3, -0.25) is 9.59 Å². The summed E-state index contributed by atoms with van der Waals surface area (Å²) < 4.78 is 7.95. The largest absolute Gasteiger partial charge is 0.481 e. The molecule has 0 atom stereocenters. The molecule has 2 heterocycles. The van der Waals surface area contributed by atoms with Crippen molar-refractivity contribution in [3.8, 4) is 5.75 Å². The fraction of sp³-hybridized carbons (Fsp3) is 0.414. The quantitative estimate of drug-likeness (QED) is 0.431. The zero-order chi connectivity index (χ0) is 25.3. The summed E-state index contributed by atoms with van der Waals surface area (Å²) in [5.41, 5.74) is 1.86. The molecule has 1 amide bonds. The van der Waals surface area contributed by atoms with E-state index in [1.165, 1.54) is 5.56 Å². The second-order valence-electron chi connectivity index (χ2n) is 10.2. The van der Waals surface area contributed by atoms with Gasteiger partial charge in [0.25, 0.3) is 5.91 Å². The van der Waals surface area contributed by atoms with Crippen LogP contribution in [-0.2, 0) is 25.0 Å². The summed E-state index contributed by atoms with van der Waals surface area (Å²) in [7, 11) is 0. The third-order valence-electron chi connectivity index (χ3n) is 7.61. The molecule has 3 aromatic rings. The van der Waals surface area contributed by atoms with Gasteiger partial charge >= 0.3 is 5.56 Å². The van der Waals surface area contributed by atoms with Crippen LogP contribution in [0, 0.1) is 0 Å².